The average molecular weight is 870 g/mol. The molecule has 2 fully saturated rings. The molecule has 0 aromatic heterocycles. The van der Waals surface area contributed by atoms with Crippen molar-refractivity contribution in [3.8, 4) is 0 Å². The van der Waals surface area contributed by atoms with Crippen LogP contribution in [-0.2, 0) is 33.5 Å². The third kappa shape index (κ3) is 12.8. The van der Waals surface area contributed by atoms with Gasteiger partial charge in [-0.2, -0.15) is 0 Å². The predicted octanol–water partition coefficient (Wildman–Crippen LogP) is 2.01. The number of hydrogen-bond donors (Lipinski definition) is 7. The van der Waals surface area contributed by atoms with E-state index in [1.54, 1.807) is 37.3 Å². The van der Waals surface area contributed by atoms with Crippen LogP contribution < -0.4 is 32.3 Å². The summed E-state index contributed by atoms with van der Waals surface area (Å²) in [5.74, 6) is -12.5. The molecular weight excluding hydrogens is 816 g/mol. The number of carbonyl (C=O) groups is 9. The van der Waals surface area contributed by atoms with Gasteiger partial charge in [-0.25, -0.2) is 18.4 Å². The lowest BCUT2D eigenvalue weighted by molar-refractivity contribution is -0.143. The van der Waals surface area contributed by atoms with Crippen LogP contribution in [0.1, 0.15) is 104 Å². The molecular formula is C42H53F2N7O11. The molecule has 1 saturated carbocycles. The van der Waals surface area contributed by atoms with E-state index in [0.717, 1.165) is 11.3 Å². The molecule has 0 radical (unpaired) electrons. The molecule has 336 valence electrons. The van der Waals surface area contributed by atoms with Crippen LogP contribution >= 0.6 is 0 Å². The van der Waals surface area contributed by atoms with Crippen LogP contribution in [0, 0.1) is 23.5 Å². The molecule has 18 nitrogen and oxygen atoms in total. The summed E-state index contributed by atoms with van der Waals surface area (Å²) in [5.41, 5.74) is 3.46. The number of nitrogens with one attached hydrogen (secondary N) is 5. The first-order chi connectivity index (χ1) is 29.4. The fourth-order valence-electron chi connectivity index (χ4n) is 7.51. The maximum atomic E-state index is 15.0. The minimum absolute atomic E-state index is 0.0219. The predicted molar refractivity (Wildman–Crippen MR) is 216 cm³/mol. The monoisotopic (exact) mass is 869 g/mol. The van der Waals surface area contributed by atoms with E-state index in [9.17, 15) is 52.6 Å². The second-order valence-corrected chi connectivity index (χ2v) is 15.7. The summed E-state index contributed by atoms with van der Waals surface area (Å²) in [7, 11) is 0. The Labute approximate surface area is 356 Å². The van der Waals surface area contributed by atoms with Crippen molar-refractivity contribution in [2.75, 3.05) is 19.7 Å². The van der Waals surface area contributed by atoms with E-state index in [1.165, 1.54) is 0 Å². The quantitative estimate of drug-likeness (QED) is 0.100. The van der Waals surface area contributed by atoms with Gasteiger partial charge in [0.1, 0.15) is 35.3 Å². The van der Waals surface area contributed by atoms with Crippen molar-refractivity contribution in [1.29, 1.82) is 0 Å². The highest BCUT2D eigenvalue weighted by Gasteiger charge is 2.46. The zero-order valence-corrected chi connectivity index (χ0v) is 34.7. The van der Waals surface area contributed by atoms with Gasteiger partial charge in [0.2, 0.25) is 29.4 Å². The number of ether oxygens (including phenoxy) is 1. The molecule has 0 bridgehead atoms. The second kappa shape index (κ2) is 22.4. The summed E-state index contributed by atoms with van der Waals surface area (Å²) in [4.78, 5) is 119. The number of likely N-dealkylation sites (tertiary alicyclic amines) is 1. The number of rotatable bonds is 19. The molecule has 1 aliphatic carbocycles. The Bertz CT molecular complexity index is 2010. The van der Waals surface area contributed by atoms with Gasteiger partial charge in [-0.15, -0.1) is 0 Å². The number of Topliss-reactive ketones (excluding diaryl/α,β-unsaturated/α-hetero) is 1. The number of nitrogens with zero attached hydrogens (tertiary/aromatic N) is 1. The van der Waals surface area contributed by atoms with Gasteiger partial charge < -0.3 is 47.1 Å². The molecule has 7 amide bonds. The van der Waals surface area contributed by atoms with Gasteiger partial charge in [0.05, 0.1) is 30.8 Å². The second-order valence-electron chi connectivity index (χ2n) is 15.7. The molecule has 5 atom stereocenters. The molecule has 4 rings (SSSR count). The standard InChI is InChI=1S/C42H53F2N7O11/c1-4-11-28(35(53)39(57)46-19-30(52)49-33(36(45)54)23-12-7-5-8-13-23)48-37(55)29-18-25(47-42(61)62-21-22(2)3)20-51(29)40(58)34(24-14-9-6-10-15-24)50-38(56)31-26(43)16-17-27(44)32(31)41(59)60/h5,7-8,12-13,16-17,22,24-25,28-29,33-34H,4,6,9-11,14-15,18-21H2,1-3H3,(H2,45,54)(H,46,57)(H,47,61)(H,48,55)(H,49,52)(H,50,56)(H,59,60)/t25-,28?,29+,33+,34+/m1/s1. The van der Waals surface area contributed by atoms with E-state index in [1.807, 2.05) is 13.8 Å². The first kappa shape index (κ1) is 48.2. The number of primary amides is 1. The van der Waals surface area contributed by atoms with E-state index in [0.29, 0.717) is 43.4 Å². The number of nitrogens with two attached hydrogens (primary N) is 1. The van der Waals surface area contributed by atoms with Crippen molar-refractivity contribution in [3.63, 3.8) is 0 Å². The highest BCUT2D eigenvalue weighted by atomic mass is 19.1. The Kier molecular flexibility index (Phi) is 17.4. The molecule has 1 unspecified atom stereocenters. The molecule has 8 N–H and O–H groups in total. The van der Waals surface area contributed by atoms with Crippen LogP contribution in [0.3, 0.4) is 0 Å². The maximum absolute atomic E-state index is 15.0. The first-order valence-electron chi connectivity index (χ1n) is 20.4. The van der Waals surface area contributed by atoms with Crippen molar-refractivity contribution in [2.24, 2.45) is 17.6 Å². The lowest BCUT2D eigenvalue weighted by Crippen LogP contribution is -2.58. The van der Waals surface area contributed by atoms with E-state index in [-0.39, 0.29) is 38.3 Å². The van der Waals surface area contributed by atoms with Crippen LogP contribution in [0.2, 0.25) is 0 Å². The largest absolute Gasteiger partial charge is 0.478 e. The van der Waals surface area contributed by atoms with Crippen LogP contribution in [0.5, 0.6) is 0 Å². The van der Waals surface area contributed by atoms with E-state index in [2.05, 4.69) is 26.6 Å². The summed E-state index contributed by atoms with van der Waals surface area (Å²) >= 11 is 0. The number of hydrogen-bond acceptors (Lipinski definition) is 10. The third-order valence-electron chi connectivity index (χ3n) is 10.5. The van der Waals surface area contributed by atoms with Gasteiger partial charge in [0.25, 0.3) is 11.8 Å². The molecule has 2 aromatic carbocycles. The minimum atomic E-state index is -1.92. The van der Waals surface area contributed by atoms with E-state index in [4.69, 9.17) is 10.5 Å². The zero-order chi connectivity index (χ0) is 45.7. The molecule has 1 saturated heterocycles. The highest BCUT2D eigenvalue weighted by Crippen LogP contribution is 2.30. The van der Waals surface area contributed by atoms with Crippen molar-refractivity contribution in [1.82, 2.24) is 31.5 Å². The summed E-state index contributed by atoms with van der Waals surface area (Å²) in [6.45, 7) is 4.31. The Morgan fingerprint density at radius 3 is 2.13 bits per heavy atom. The number of ketones is 1. The molecule has 1 aliphatic heterocycles. The fraction of sp³-hybridized carbons (Fsp3) is 0.500. The fourth-order valence-corrected chi connectivity index (χ4v) is 7.51. The van der Waals surface area contributed by atoms with Crippen LogP contribution in [0.15, 0.2) is 42.5 Å². The van der Waals surface area contributed by atoms with Gasteiger partial charge in [-0.05, 0) is 55.2 Å². The topological polar surface area (TPSA) is 272 Å². The lowest BCUT2D eigenvalue weighted by Gasteiger charge is -2.35. The lowest BCUT2D eigenvalue weighted by atomic mass is 9.83. The van der Waals surface area contributed by atoms with E-state index < -0.39 is 119 Å². The SMILES string of the molecule is CCCC(NC(=O)[C@@H]1C[C@@H](NC(=O)OCC(C)C)CN1C(=O)[C@@H](NC(=O)c1c(F)ccc(F)c1C(=O)O)C1CCCCC1)C(=O)C(=O)NCC(=O)N[C@H](C(N)=O)c1ccccc1. The number of carbonyl (C=O) groups excluding carboxylic acids is 8. The van der Waals surface area contributed by atoms with Crippen molar-refractivity contribution in [3.05, 3.63) is 70.8 Å². The Morgan fingerprint density at radius 1 is 0.887 bits per heavy atom. The number of benzene rings is 2. The number of aromatic carboxylic acids is 1. The first-order valence-corrected chi connectivity index (χ1v) is 20.4. The Morgan fingerprint density at radius 2 is 1.53 bits per heavy atom. The van der Waals surface area contributed by atoms with Gasteiger partial charge in [0.15, 0.2) is 0 Å². The summed E-state index contributed by atoms with van der Waals surface area (Å²) < 4.78 is 34.9. The highest BCUT2D eigenvalue weighted by molar-refractivity contribution is 6.38. The van der Waals surface area contributed by atoms with Crippen LogP contribution in [0.4, 0.5) is 13.6 Å². The molecule has 2 aliphatic rings. The summed E-state index contributed by atoms with van der Waals surface area (Å²) in [6.07, 6.45) is 2.04. The normalized spacial score (nSPS) is 17.8. The van der Waals surface area contributed by atoms with Gasteiger partial charge in [-0.3, -0.25) is 33.6 Å². The molecule has 2 aromatic rings. The number of amides is 7. The maximum Gasteiger partial charge on any atom is 0.407 e. The third-order valence-corrected chi connectivity index (χ3v) is 10.5. The average Bonchev–Trinajstić information content (AvgIpc) is 3.67. The van der Waals surface area contributed by atoms with Gasteiger partial charge in [-0.1, -0.05) is 76.8 Å². The van der Waals surface area contributed by atoms with Crippen molar-refractivity contribution >= 4 is 53.3 Å². The van der Waals surface area contributed by atoms with Crippen molar-refractivity contribution < 1.29 is 61.8 Å². The van der Waals surface area contributed by atoms with Gasteiger partial charge in [0, 0.05) is 6.54 Å². The smallest absolute Gasteiger partial charge is 0.407 e. The Balaban J connectivity index is 1.57. The molecule has 1 heterocycles. The minimum Gasteiger partial charge on any atom is -0.478 e. The van der Waals surface area contributed by atoms with Crippen LogP contribution in [-0.4, -0.2) is 107 Å². The number of alkyl carbamates (subject to hydrolysis) is 1. The zero-order valence-electron chi connectivity index (χ0n) is 34.7. The van der Waals surface area contributed by atoms with Gasteiger partial charge >= 0.3 is 12.1 Å². The Hall–Kier alpha value is -6.47. The van der Waals surface area contributed by atoms with Crippen LogP contribution in [0.25, 0.3) is 0 Å². The molecule has 20 heteroatoms. The summed E-state index contributed by atoms with van der Waals surface area (Å²) in [6, 6.07) is 2.70. The number of carboxylic acid groups (broad SMARTS) is 1. The summed E-state index contributed by atoms with van der Waals surface area (Å²) in [5, 5.41) is 21.8. The number of carboxylic acids is 1. The number of halogens is 2. The van der Waals surface area contributed by atoms with Crippen molar-refractivity contribution in [2.45, 2.75) is 102 Å². The van der Waals surface area contributed by atoms with E-state index >= 15 is 4.39 Å². The molecule has 0 spiro atoms. The molecule has 62 heavy (non-hydrogen) atoms.